The zero-order chi connectivity index (χ0) is 27.9. The number of aromatic amines is 1. The Morgan fingerprint density at radius 3 is 2.37 bits per heavy atom. The number of carbonyl (C=O) groups excluding carboxylic acids is 3. The van der Waals surface area contributed by atoms with E-state index in [4.69, 9.17) is 9.47 Å². The molecule has 0 aliphatic carbocycles. The Balaban J connectivity index is 1.72. The number of aromatic nitrogens is 1. The van der Waals surface area contributed by atoms with E-state index in [1.54, 1.807) is 26.8 Å². The van der Waals surface area contributed by atoms with E-state index in [-0.39, 0.29) is 13.0 Å². The van der Waals surface area contributed by atoms with E-state index in [2.05, 4.69) is 15.2 Å². The minimum absolute atomic E-state index is 0.246. The van der Waals surface area contributed by atoms with Crippen LogP contribution in [0.1, 0.15) is 31.9 Å². The first-order valence-electron chi connectivity index (χ1n) is 12.7. The number of rotatable bonds is 10. The molecule has 1 atom stereocenters. The molecule has 0 unspecified atom stereocenters. The van der Waals surface area contributed by atoms with Crippen LogP contribution in [0.4, 0.5) is 4.79 Å². The summed E-state index contributed by atoms with van der Waals surface area (Å²) in [4.78, 5) is 45.3. The number of H-pyrrole nitrogens is 1. The molecule has 2 aromatic carbocycles. The molecule has 0 saturated heterocycles. The predicted octanol–water partition coefficient (Wildman–Crippen LogP) is 3.77. The number of ether oxygens (including phenoxy) is 2. The second-order valence-corrected chi connectivity index (χ2v) is 10.6. The maximum absolute atomic E-state index is 13.3. The molecule has 0 aliphatic rings. The minimum Gasteiger partial charge on any atom is -0.444 e. The van der Waals surface area contributed by atoms with Crippen LogP contribution in [0.2, 0.25) is 0 Å². The third-order valence-electron chi connectivity index (χ3n) is 5.82. The lowest BCUT2D eigenvalue weighted by molar-refractivity contribution is -0.142. The molecule has 0 fully saturated rings. The van der Waals surface area contributed by atoms with Gasteiger partial charge < -0.3 is 29.6 Å². The van der Waals surface area contributed by atoms with Crippen molar-refractivity contribution in [3.05, 3.63) is 65.9 Å². The number of amides is 2. The van der Waals surface area contributed by atoms with Crippen LogP contribution in [0.25, 0.3) is 10.9 Å². The first-order chi connectivity index (χ1) is 17.9. The summed E-state index contributed by atoms with van der Waals surface area (Å²) in [6.07, 6.45) is 2.26. The van der Waals surface area contributed by atoms with Crippen molar-refractivity contribution < 1.29 is 23.9 Å². The minimum atomic E-state index is -0.921. The van der Waals surface area contributed by atoms with Gasteiger partial charge >= 0.3 is 12.1 Å². The number of nitrogens with one attached hydrogen (secondary N) is 2. The van der Waals surface area contributed by atoms with Gasteiger partial charge in [-0.25, -0.2) is 9.59 Å². The second-order valence-electron chi connectivity index (χ2n) is 10.6. The number of fused-ring (bicyclic) bond motifs is 1. The average molecular weight is 523 g/mol. The summed E-state index contributed by atoms with van der Waals surface area (Å²) in [5.41, 5.74) is 2.07. The normalized spacial score (nSPS) is 12.3. The van der Waals surface area contributed by atoms with Crippen LogP contribution in [-0.2, 0) is 27.2 Å². The highest BCUT2D eigenvalue weighted by atomic mass is 16.6. The maximum Gasteiger partial charge on any atom is 0.408 e. The van der Waals surface area contributed by atoms with Crippen LogP contribution >= 0.6 is 0 Å². The first kappa shape index (κ1) is 28.7. The lowest BCUT2D eigenvalue weighted by Gasteiger charge is -2.26. The molecule has 0 radical (unpaired) electrons. The Kier molecular flexibility index (Phi) is 9.52. The lowest BCUT2D eigenvalue weighted by Crippen LogP contribution is -2.51. The number of alkyl carbamates (subject to hydrolysis) is 1. The van der Waals surface area contributed by atoms with Crippen molar-refractivity contribution >= 4 is 28.9 Å². The molecule has 2 N–H and O–H groups in total. The number of hydrogen-bond acceptors (Lipinski definition) is 6. The van der Waals surface area contributed by atoms with Crippen LogP contribution in [0, 0.1) is 0 Å². The van der Waals surface area contributed by atoms with Gasteiger partial charge in [-0.3, -0.25) is 4.79 Å². The van der Waals surface area contributed by atoms with Gasteiger partial charge in [-0.15, -0.1) is 0 Å². The molecule has 0 spiro atoms. The fraction of sp³-hybridized carbons (Fsp3) is 0.414. The molecular weight excluding hydrogens is 484 g/mol. The smallest absolute Gasteiger partial charge is 0.408 e. The van der Waals surface area contributed by atoms with Gasteiger partial charge in [0.05, 0.1) is 0 Å². The van der Waals surface area contributed by atoms with E-state index < -0.39 is 29.6 Å². The van der Waals surface area contributed by atoms with Gasteiger partial charge in [-0.1, -0.05) is 36.4 Å². The zero-order valence-electron chi connectivity index (χ0n) is 23.0. The number of benzene rings is 2. The van der Waals surface area contributed by atoms with Gasteiger partial charge in [0.2, 0.25) is 5.91 Å². The molecule has 2 amide bonds. The van der Waals surface area contributed by atoms with Crippen LogP contribution < -0.4 is 10.1 Å². The fourth-order valence-electron chi connectivity index (χ4n) is 4.04. The predicted molar refractivity (Wildman–Crippen MR) is 147 cm³/mol. The average Bonchev–Trinajstić information content (AvgIpc) is 3.25. The standard InChI is InChI=1S/C29H38N4O5/c1-29(2,3)38-28(36)31-23(17-20-11-8-7-9-12-20)27(35)33(6)19-25(34)37-24-14-10-13-22-26(24)21(18-30-22)15-16-32(4)5/h7-14,18,23,30H,15-17,19H2,1-6H3,(H,31,36)/t23-/m0/s1. The Bertz CT molecular complexity index is 1250. The Morgan fingerprint density at radius 1 is 1.00 bits per heavy atom. The summed E-state index contributed by atoms with van der Waals surface area (Å²) in [6, 6.07) is 13.9. The van der Waals surface area contributed by atoms with Gasteiger partial charge in [-0.05, 0) is 64.5 Å². The van der Waals surface area contributed by atoms with Gasteiger partial charge in [0.1, 0.15) is 23.9 Å². The number of hydrogen-bond donors (Lipinski definition) is 2. The Morgan fingerprint density at radius 2 is 1.71 bits per heavy atom. The Hall–Kier alpha value is -3.85. The molecule has 204 valence electrons. The third kappa shape index (κ3) is 8.34. The van der Waals surface area contributed by atoms with Crippen molar-refractivity contribution in [2.75, 3.05) is 34.2 Å². The van der Waals surface area contributed by atoms with Gasteiger partial charge in [0, 0.05) is 37.1 Å². The summed E-state index contributed by atoms with van der Waals surface area (Å²) in [5.74, 6) is -0.567. The molecular formula is C29H38N4O5. The monoisotopic (exact) mass is 522 g/mol. The quantitative estimate of drug-likeness (QED) is 0.310. The third-order valence-corrected chi connectivity index (χ3v) is 5.82. The summed E-state index contributed by atoms with van der Waals surface area (Å²) >= 11 is 0. The molecule has 3 rings (SSSR count). The Labute approximate surface area is 224 Å². The number of esters is 1. The van der Waals surface area contributed by atoms with E-state index >= 15 is 0 Å². The fourth-order valence-corrected chi connectivity index (χ4v) is 4.04. The highest BCUT2D eigenvalue weighted by Gasteiger charge is 2.28. The summed E-state index contributed by atoms with van der Waals surface area (Å²) in [7, 11) is 5.52. The van der Waals surface area contributed by atoms with Crippen molar-refractivity contribution in [1.82, 2.24) is 20.1 Å². The van der Waals surface area contributed by atoms with Crippen molar-refractivity contribution in [3.63, 3.8) is 0 Å². The van der Waals surface area contributed by atoms with E-state index in [9.17, 15) is 14.4 Å². The van der Waals surface area contributed by atoms with E-state index in [1.807, 2.05) is 62.8 Å². The highest BCUT2D eigenvalue weighted by molar-refractivity contribution is 5.93. The first-order valence-corrected chi connectivity index (χ1v) is 12.7. The SMILES string of the molecule is CN(C)CCc1c[nH]c2cccc(OC(=O)CN(C)C(=O)[C@H](Cc3ccccc3)NC(=O)OC(C)(C)C)c12. The van der Waals surface area contributed by atoms with Crippen molar-refractivity contribution in [2.24, 2.45) is 0 Å². The second kappa shape index (κ2) is 12.6. The molecule has 0 bridgehead atoms. The lowest BCUT2D eigenvalue weighted by atomic mass is 10.0. The van der Waals surface area contributed by atoms with Gasteiger partial charge in [0.15, 0.2) is 0 Å². The molecule has 0 saturated carbocycles. The van der Waals surface area contributed by atoms with Crippen molar-refractivity contribution in [2.45, 2.75) is 45.3 Å². The van der Waals surface area contributed by atoms with Crippen LogP contribution in [0.15, 0.2) is 54.7 Å². The summed E-state index contributed by atoms with van der Waals surface area (Å²) < 4.78 is 11.1. The summed E-state index contributed by atoms with van der Waals surface area (Å²) in [6.45, 7) is 5.81. The van der Waals surface area contributed by atoms with E-state index in [0.717, 1.165) is 35.0 Å². The van der Waals surface area contributed by atoms with Crippen LogP contribution in [-0.4, -0.2) is 78.6 Å². The molecule has 1 aromatic heterocycles. The van der Waals surface area contributed by atoms with E-state index in [1.165, 1.54) is 11.9 Å². The number of likely N-dealkylation sites (N-methyl/N-ethyl adjacent to an activating group) is 2. The van der Waals surface area contributed by atoms with Crippen molar-refractivity contribution in [1.29, 1.82) is 0 Å². The molecule has 3 aromatic rings. The molecule has 0 aliphatic heterocycles. The highest BCUT2D eigenvalue weighted by Crippen LogP contribution is 2.29. The van der Waals surface area contributed by atoms with Crippen LogP contribution in [0.5, 0.6) is 5.75 Å². The number of carbonyl (C=O) groups is 3. The van der Waals surface area contributed by atoms with Gasteiger partial charge in [-0.2, -0.15) is 0 Å². The van der Waals surface area contributed by atoms with Crippen molar-refractivity contribution in [3.8, 4) is 5.75 Å². The topological polar surface area (TPSA) is 104 Å². The molecule has 9 heteroatoms. The van der Waals surface area contributed by atoms with Gasteiger partial charge in [0.25, 0.3) is 0 Å². The maximum atomic E-state index is 13.3. The largest absolute Gasteiger partial charge is 0.444 e. The molecule has 9 nitrogen and oxygen atoms in total. The summed E-state index contributed by atoms with van der Waals surface area (Å²) in [5, 5.41) is 3.52. The number of nitrogens with zero attached hydrogens (tertiary/aromatic N) is 2. The van der Waals surface area contributed by atoms with Crippen LogP contribution in [0.3, 0.4) is 0 Å². The zero-order valence-corrected chi connectivity index (χ0v) is 23.0. The molecule has 1 heterocycles. The molecule has 38 heavy (non-hydrogen) atoms. The van der Waals surface area contributed by atoms with E-state index in [0.29, 0.717) is 5.75 Å².